The second kappa shape index (κ2) is 8.18. The van der Waals surface area contributed by atoms with Crippen LogP contribution in [0.3, 0.4) is 0 Å². The molecule has 0 amide bonds. The van der Waals surface area contributed by atoms with E-state index < -0.39 is 0 Å². The summed E-state index contributed by atoms with van der Waals surface area (Å²) >= 11 is 7.89. The lowest BCUT2D eigenvalue weighted by Crippen LogP contribution is -2.42. The van der Waals surface area contributed by atoms with Crippen molar-refractivity contribution in [3.05, 3.63) is 34.9 Å². The summed E-state index contributed by atoms with van der Waals surface area (Å²) in [5, 5.41) is 4.47. The Hall–Kier alpha value is -0.180. The second-order valence-corrected chi connectivity index (χ2v) is 7.48. The van der Waals surface area contributed by atoms with E-state index in [-0.39, 0.29) is 0 Å². The molecule has 0 heterocycles. The number of benzene rings is 1. The van der Waals surface area contributed by atoms with Crippen molar-refractivity contribution in [2.24, 2.45) is 5.41 Å². The summed E-state index contributed by atoms with van der Waals surface area (Å²) in [7, 11) is 0. The zero-order valence-corrected chi connectivity index (χ0v) is 14.1. The number of hydrogen-bond donors (Lipinski definition) is 1. The van der Waals surface area contributed by atoms with Gasteiger partial charge in [-0.15, -0.1) is 0 Å². The standard InChI is InChI=1S/C16H26ClNS/c1-5-10-18-15(16(2,3)4)12-19-11-13-6-8-14(17)9-7-13/h6-9,15,18H,5,10-12H2,1-4H3. The van der Waals surface area contributed by atoms with Gasteiger partial charge in [-0.25, -0.2) is 0 Å². The number of nitrogens with one attached hydrogen (secondary N) is 1. The monoisotopic (exact) mass is 299 g/mol. The SMILES string of the molecule is CCCNC(CSCc1ccc(Cl)cc1)C(C)(C)C. The predicted molar refractivity (Wildman–Crippen MR) is 89.2 cm³/mol. The van der Waals surface area contributed by atoms with Gasteiger partial charge in [0.1, 0.15) is 0 Å². The third-order valence-corrected chi connectivity index (χ3v) is 4.51. The van der Waals surface area contributed by atoms with Crippen LogP contribution in [-0.4, -0.2) is 18.3 Å². The Balaban J connectivity index is 2.41. The van der Waals surface area contributed by atoms with Crippen molar-refractivity contribution in [2.45, 2.75) is 45.9 Å². The zero-order chi connectivity index (χ0) is 14.3. The average Bonchev–Trinajstić information content (AvgIpc) is 2.34. The molecule has 1 rings (SSSR count). The number of halogens is 1. The number of thioether (sulfide) groups is 1. The molecule has 0 aliphatic rings. The van der Waals surface area contributed by atoms with Crippen LogP contribution in [0.15, 0.2) is 24.3 Å². The molecule has 0 fully saturated rings. The summed E-state index contributed by atoms with van der Waals surface area (Å²) in [6.07, 6.45) is 1.19. The van der Waals surface area contributed by atoms with Crippen LogP contribution < -0.4 is 5.32 Å². The van der Waals surface area contributed by atoms with Crippen molar-refractivity contribution < 1.29 is 0 Å². The first-order valence-corrected chi connectivity index (χ1v) is 8.52. The first-order chi connectivity index (χ1) is 8.93. The Kier molecular flexibility index (Phi) is 7.27. The van der Waals surface area contributed by atoms with Crippen LogP contribution >= 0.6 is 23.4 Å². The van der Waals surface area contributed by atoms with E-state index >= 15 is 0 Å². The molecule has 1 aromatic rings. The molecule has 1 aromatic carbocycles. The lowest BCUT2D eigenvalue weighted by atomic mass is 9.88. The maximum absolute atomic E-state index is 5.90. The van der Waals surface area contributed by atoms with E-state index in [1.807, 2.05) is 23.9 Å². The van der Waals surface area contributed by atoms with E-state index in [0.29, 0.717) is 11.5 Å². The van der Waals surface area contributed by atoms with Crippen LogP contribution in [0.1, 0.15) is 39.7 Å². The lowest BCUT2D eigenvalue weighted by molar-refractivity contribution is 0.292. The minimum atomic E-state index is 0.308. The minimum Gasteiger partial charge on any atom is -0.313 e. The summed E-state index contributed by atoms with van der Waals surface area (Å²) < 4.78 is 0. The highest BCUT2D eigenvalue weighted by Gasteiger charge is 2.23. The fourth-order valence-electron chi connectivity index (χ4n) is 1.81. The smallest absolute Gasteiger partial charge is 0.0406 e. The Morgan fingerprint density at radius 1 is 1.21 bits per heavy atom. The maximum Gasteiger partial charge on any atom is 0.0406 e. The van der Waals surface area contributed by atoms with E-state index in [4.69, 9.17) is 11.6 Å². The fraction of sp³-hybridized carbons (Fsp3) is 0.625. The normalized spacial score (nSPS) is 13.5. The van der Waals surface area contributed by atoms with Gasteiger partial charge in [0, 0.05) is 22.6 Å². The highest BCUT2D eigenvalue weighted by Crippen LogP contribution is 2.24. The summed E-state index contributed by atoms with van der Waals surface area (Å²) in [6, 6.07) is 8.72. The lowest BCUT2D eigenvalue weighted by Gasteiger charge is -2.31. The number of hydrogen-bond acceptors (Lipinski definition) is 2. The molecular formula is C16H26ClNS. The minimum absolute atomic E-state index is 0.308. The molecule has 0 saturated heterocycles. The molecule has 0 aliphatic heterocycles. The van der Waals surface area contributed by atoms with Crippen LogP contribution in [0.2, 0.25) is 5.02 Å². The third kappa shape index (κ3) is 6.69. The highest BCUT2D eigenvalue weighted by molar-refractivity contribution is 7.98. The number of rotatable bonds is 7. The summed E-state index contributed by atoms with van der Waals surface area (Å²) in [5.74, 6) is 2.20. The van der Waals surface area contributed by atoms with E-state index in [2.05, 4.69) is 45.1 Å². The van der Waals surface area contributed by atoms with Crippen LogP contribution in [0.4, 0.5) is 0 Å². The molecule has 19 heavy (non-hydrogen) atoms. The van der Waals surface area contributed by atoms with E-state index in [1.165, 1.54) is 12.0 Å². The molecule has 0 saturated carbocycles. The van der Waals surface area contributed by atoms with Crippen LogP contribution in [0.25, 0.3) is 0 Å². The van der Waals surface area contributed by atoms with Gasteiger partial charge in [-0.2, -0.15) is 11.8 Å². The molecule has 0 aliphatic carbocycles. The Labute approximate surface area is 127 Å². The van der Waals surface area contributed by atoms with Gasteiger partial charge < -0.3 is 5.32 Å². The molecule has 0 bridgehead atoms. The summed E-state index contributed by atoms with van der Waals surface area (Å²) in [6.45, 7) is 10.2. The molecule has 3 heteroatoms. The van der Waals surface area contributed by atoms with Crippen LogP contribution in [0.5, 0.6) is 0 Å². The Morgan fingerprint density at radius 3 is 2.37 bits per heavy atom. The molecule has 1 unspecified atom stereocenters. The van der Waals surface area contributed by atoms with Crippen molar-refractivity contribution >= 4 is 23.4 Å². The first kappa shape index (κ1) is 16.9. The van der Waals surface area contributed by atoms with Crippen LogP contribution in [-0.2, 0) is 5.75 Å². The van der Waals surface area contributed by atoms with E-state index in [0.717, 1.165) is 23.1 Å². The predicted octanol–water partition coefficient (Wildman–Crippen LogP) is 4.99. The molecule has 1 N–H and O–H groups in total. The molecule has 1 atom stereocenters. The fourth-order valence-corrected chi connectivity index (χ4v) is 3.33. The average molecular weight is 300 g/mol. The van der Waals surface area contributed by atoms with Gasteiger partial charge in [0.2, 0.25) is 0 Å². The first-order valence-electron chi connectivity index (χ1n) is 6.99. The van der Waals surface area contributed by atoms with E-state index in [9.17, 15) is 0 Å². The van der Waals surface area contributed by atoms with Crippen molar-refractivity contribution in [1.82, 2.24) is 5.32 Å². The van der Waals surface area contributed by atoms with Crippen LogP contribution in [0, 0.1) is 5.41 Å². The van der Waals surface area contributed by atoms with Gasteiger partial charge in [-0.05, 0) is 36.1 Å². The van der Waals surface area contributed by atoms with Gasteiger partial charge in [-0.1, -0.05) is 51.4 Å². The topological polar surface area (TPSA) is 12.0 Å². The molecule has 0 spiro atoms. The second-order valence-electron chi connectivity index (χ2n) is 6.01. The van der Waals surface area contributed by atoms with Gasteiger partial charge >= 0.3 is 0 Å². The largest absolute Gasteiger partial charge is 0.313 e. The molecule has 108 valence electrons. The molecule has 1 nitrogen and oxygen atoms in total. The summed E-state index contributed by atoms with van der Waals surface area (Å²) in [5.41, 5.74) is 1.65. The maximum atomic E-state index is 5.90. The van der Waals surface area contributed by atoms with E-state index in [1.54, 1.807) is 0 Å². The molecular weight excluding hydrogens is 274 g/mol. The molecule has 0 radical (unpaired) electrons. The molecule has 0 aromatic heterocycles. The quantitative estimate of drug-likeness (QED) is 0.761. The van der Waals surface area contributed by atoms with Gasteiger partial charge in [0.15, 0.2) is 0 Å². The third-order valence-electron chi connectivity index (χ3n) is 3.15. The van der Waals surface area contributed by atoms with Crippen molar-refractivity contribution in [3.8, 4) is 0 Å². The Morgan fingerprint density at radius 2 is 1.84 bits per heavy atom. The highest BCUT2D eigenvalue weighted by atomic mass is 35.5. The van der Waals surface area contributed by atoms with Gasteiger partial charge in [-0.3, -0.25) is 0 Å². The summed E-state index contributed by atoms with van der Waals surface area (Å²) in [4.78, 5) is 0. The van der Waals surface area contributed by atoms with Crippen molar-refractivity contribution in [1.29, 1.82) is 0 Å². The van der Waals surface area contributed by atoms with Crippen molar-refractivity contribution in [2.75, 3.05) is 12.3 Å². The van der Waals surface area contributed by atoms with Gasteiger partial charge in [0.25, 0.3) is 0 Å². The van der Waals surface area contributed by atoms with Crippen molar-refractivity contribution in [3.63, 3.8) is 0 Å². The van der Waals surface area contributed by atoms with Gasteiger partial charge in [0.05, 0.1) is 0 Å². The Bertz CT molecular complexity index is 356. The zero-order valence-electron chi connectivity index (χ0n) is 12.5.